The summed E-state index contributed by atoms with van der Waals surface area (Å²) in [6.45, 7) is 2.93. The highest BCUT2D eigenvalue weighted by molar-refractivity contribution is 6.07. The molecule has 0 radical (unpaired) electrons. The molecule has 0 aliphatic carbocycles. The number of aryl methyl sites for hydroxylation is 1. The summed E-state index contributed by atoms with van der Waals surface area (Å²) in [7, 11) is 1.95. The molecule has 20 heavy (non-hydrogen) atoms. The molecule has 1 aliphatic heterocycles. The van der Waals surface area contributed by atoms with Crippen LogP contribution in [0.15, 0.2) is 30.5 Å². The number of fused-ring (bicyclic) bond motifs is 1. The van der Waals surface area contributed by atoms with E-state index < -0.39 is 5.60 Å². The molecule has 106 valence electrons. The van der Waals surface area contributed by atoms with E-state index in [1.165, 1.54) is 0 Å². The number of hydrogen-bond donors (Lipinski definition) is 1. The van der Waals surface area contributed by atoms with Gasteiger partial charge in [-0.1, -0.05) is 18.2 Å². The summed E-state index contributed by atoms with van der Waals surface area (Å²) in [5.74, 6) is 0.0155. The summed E-state index contributed by atoms with van der Waals surface area (Å²) >= 11 is 0. The van der Waals surface area contributed by atoms with Crippen molar-refractivity contribution < 1.29 is 9.90 Å². The summed E-state index contributed by atoms with van der Waals surface area (Å²) in [4.78, 5) is 14.5. The second-order valence-electron chi connectivity index (χ2n) is 6.00. The van der Waals surface area contributed by atoms with Crippen molar-refractivity contribution in [3.8, 4) is 0 Å². The fraction of sp³-hybridized carbons (Fsp3) is 0.438. The van der Waals surface area contributed by atoms with Crippen molar-refractivity contribution >= 4 is 16.8 Å². The van der Waals surface area contributed by atoms with E-state index in [-0.39, 0.29) is 5.91 Å². The molecule has 3 rings (SSSR count). The van der Waals surface area contributed by atoms with Crippen LogP contribution in [0.2, 0.25) is 0 Å². The fourth-order valence-electron chi connectivity index (χ4n) is 3.08. The number of para-hydroxylation sites is 1. The predicted octanol–water partition coefficient (Wildman–Crippen LogP) is 2.17. The molecule has 0 saturated carbocycles. The SMILES string of the molecule is Cn1cc(C(=O)N2CCCC(C)(O)C2)c2ccccc21. The molecule has 2 heterocycles. The van der Waals surface area contributed by atoms with Crippen molar-refractivity contribution in [2.75, 3.05) is 13.1 Å². The van der Waals surface area contributed by atoms with E-state index in [0.717, 1.165) is 35.9 Å². The second-order valence-corrected chi connectivity index (χ2v) is 6.00. The molecule has 4 heteroatoms. The Morgan fingerprint density at radius 3 is 2.85 bits per heavy atom. The average Bonchev–Trinajstić information content (AvgIpc) is 2.75. The standard InChI is InChI=1S/C16H20N2O2/c1-16(20)8-5-9-18(11-16)15(19)13-10-17(2)14-7-4-3-6-12(13)14/h3-4,6-7,10,20H,5,8-9,11H2,1-2H3. The number of piperidine rings is 1. The molecule has 1 amide bonds. The first kappa shape index (κ1) is 13.2. The Kier molecular flexibility index (Phi) is 3.05. The minimum absolute atomic E-state index is 0.0155. The van der Waals surface area contributed by atoms with E-state index in [4.69, 9.17) is 0 Å². The van der Waals surface area contributed by atoms with E-state index in [2.05, 4.69) is 0 Å². The molecule has 1 aliphatic rings. The third-order valence-electron chi connectivity index (χ3n) is 4.09. The van der Waals surface area contributed by atoms with E-state index in [9.17, 15) is 9.90 Å². The van der Waals surface area contributed by atoms with Gasteiger partial charge in [0, 0.05) is 37.2 Å². The van der Waals surface area contributed by atoms with E-state index in [1.54, 1.807) is 11.8 Å². The first-order valence-corrected chi connectivity index (χ1v) is 7.04. The lowest BCUT2D eigenvalue weighted by Crippen LogP contribution is -2.48. The zero-order valence-electron chi connectivity index (χ0n) is 12.0. The number of β-amino-alcohol motifs (C(OH)–C–C–N with tert-alkyl or cyclic N) is 1. The minimum Gasteiger partial charge on any atom is -0.388 e. The summed E-state index contributed by atoms with van der Waals surface area (Å²) < 4.78 is 1.98. The van der Waals surface area contributed by atoms with Gasteiger partial charge in [0.15, 0.2) is 0 Å². The molecule has 1 unspecified atom stereocenters. The Balaban J connectivity index is 1.97. The van der Waals surface area contributed by atoms with Crippen LogP contribution in [0, 0.1) is 0 Å². The number of benzene rings is 1. The number of carbonyl (C=O) groups excluding carboxylic acids is 1. The summed E-state index contributed by atoms with van der Waals surface area (Å²) in [5, 5.41) is 11.1. The quantitative estimate of drug-likeness (QED) is 0.864. The van der Waals surface area contributed by atoms with Gasteiger partial charge >= 0.3 is 0 Å². The monoisotopic (exact) mass is 272 g/mol. The number of carbonyl (C=O) groups is 1. The van der Waals surface area contributed by atoms with Gasteiger partial charge in [0.2, 0.25) is 0 Å². The molecule has 1 saturated heterocycles. The van der Waals surface area contributed by atoms with Gasteiger partial charge in [0.1, 0.15) is 0 Å². The molecular weight excluding hydrogens is 252 g/mol. The van der Waals surface area contributed by atoms with Gasteiger partial charge in [-0.15, -0.1) is 0 Å². The fourth-order valence-corrected chi connectivity index (χ4v) is 3.08. The lowest BCUT2D eigenvalue weighted by molar-refractivity contribution is -0.0106. The van der Waals surface area contributed by atoms with Gasteiger partial charge in [-0.25, -0.2) is 0 Å². The highest BCUT2D eigenvalue weighted by Crippen LogP contribution is 2.25. The van der Waals surface area contributed by atoms with E-state index in [1.807, 2.05) is 42.1 Å². The molecule has 1 aromatic carbocycles. The Morgan fingerprint density at radius 2 is 2.10 bits per heavy atom. The van der Waals surface area contributed by atoms with Crippen LogP contribution < -0.4 is 0 Å². The van der Waals surface area contributed by atoms with Gasteiger partial charge in [-0.2, -0.15) is 0 Å². The predicted molar refractivity (Wildman–Crippen MR) is 78.7 cm³/mol. The van der Waals surface area contributed by atoms with E-state index >= 15 is 0 Å². The summed E-state index contributed by atoms with van der Waals surface area (Å²) in [5.41, 5.74) is 1.01. The van der Waals surface area contributed by atoms with E-state index in [0.29, 0.717) is 6.54 Å². The smallest absolute Gasteiger partial charge is 0.256 e. The average molecular weight is 272 g/mol. The molecule has 1 fully saturated rings. The van der Waals surface area contributed by atoms with Crippen LogP contribution in [0.3, 0.4) is 0 Å². The van der Waals surface area contributed by atoms with Crippen molar-refractivity contribution in [2.24, 2.45) is 7.05 Å². The number of hydrogen-bond acceptors (Lipinski definition) is 2. The lowest BCUT2D eigenvalue weighted by Gasteiger charge is -2.36. The lowest BCUT2D eigenvalue weighted by atomic mass is 9.94. The number of aromatic nitrogens is 1. The van der Waals surface area contributed by atoms with Gasteiger partial charge in [0.05, 0.1) is 11.2 Å². The zero-order valence-corrected chi connectivity index (χ0v) is 12.0. The van der Waals surface area contributed by atoms with Crippen molar-refractivity contribution in [3.63, 3.8) is 0 Å². The molecule has 0 bridgehead atoms. The van der Waals surface area contributed by atoms with Crippen molar-refractivity contribution in [1.82, 2.24) is 9.47 Å². The largest absolute Gasteiger partial charge is 0.388 e. The van der Waals surface area contributed by atoms with Crippen LogP contribution in [0.25, 0.3) is 10.9 Å². The van der Waals surface area contributed by atoms with Gasteiger partial charge < -0.3 is 14.6 Å². The van der Waals surface area contributed by atoms with Crippen molar-refractivity contribution in [2.45, 2.75) is 25.4 Å². The number of rotatable bonds is 1. The van der Waals surface area contributed by atoms with Gasteiger partial charge in [-0.05, 0) is 25.8 Å². The molecule has 4 nitrogen and oxygen atoms in total. The molecule has 1 aromatic heterocycles. The third kappa shape index (κ3) is 2.20. The maximum atomic E-state index is 12.7. The molecule has 0 spiro atoms. The van der Waals surface area contributed by atoms with Crippen LogP contribution in [-0.4, -0.2) is 39.2 Å². The number of nitrogens with zero attached hydrogens (tertiary/aromatic N) is 2. The third-order valence-corrected chi connectivity index (χ3v) is 4.09. The topological polar surface area (TPSA) is 45.5 Å². The normalized spacial score (nSPS) is 23.2. The zero-order chi connectivity index (χ0) is 14.3. The Bertz CT molecular complexity index is 658. The van der Waals surface area contributed by atoms with Crippen molar-refractivity contribution in [3.05, 3.63) is 36.0 Å². The molecular formula is C16H20N2O2. The number of likely N-dealkylation sites (tertiary alicyclic amines) is 1. The Labute approximate surface area is 118 Å². The summed E-state index contributed by atoms with van der Waals surface area (Å²) in [6, 6.07) is 7.91. The second kappa shape index (κ2) is 4.63. The van der Waals surface area contributed by atoms with Crippen LogP contribution in [0.1, 0.15) is 30.1 Å². The van der Waals surface area contributed by atoms with Crippen LogP contribution in [0.5, 0.6) is 0 Å². The number of aliphatic hydroxyl groups is 1. The Hall–Kier alpha value is -1.81. The highest BCUT2D eigenvalue weighted by Gasteiger charge is 2.32. The molecule has 1 atom stereocenters. The first-order valence-electron chi connectivity index (χ1n) is 7.04. The maximum absolute atomic E-state index is 12.7. The van der Waals surface area contributed by atoms with Crippen LogP contribution in [-0.2, 0) is 7.05 Å². The van der Waals surface area contributed by atoms with Gasteiger partial charge in [-0.3, -0.25) is 4.79 Å². The number of amides is 1. The first-order chi connectivity index (χ1) is 9.48. The molecule has 1 N–H and O–H groups in total. The van der Waals surface area contributed by atoms with Crippen molar-refractivity contribution in [1.29, 1.82) is 0 Å². The highest BCUT2D eigenvalue weighted by atomic mass is 16.3. The van der Waals surface area contributed by atoms with Gasteiger partial charge in [0.25, 0.3) is 5.91 Å². The van der Waals surface area contributed by atoms with Crippen LogP contribution in [0.4, 0.5) is 0 Å². The Morgan fingerprint density at radius 1 is 1.35 bits per heavy atom. The minimum atomic E-state index is -0.765. The summed E-state index contributed by atoms with van der Waals surface area (Å²) in [6.07, 6.45) is 3.49. The van der Waals surface area contributed by atoms with Crippen LogP contribution >= 0.6 is 0 Å². The maximum Gasteiger partial charge on any atom is 0.256 e. The molecule has 2 aromatic rings.